The highest BCUT2D eigenvalue weighted by Gasteiger charge is 2.34. The SMILES string of the molecule is CC(C)n1cnc(C(=O)N2CCNCC2C(F)F)c1. The molecule has 19 heavy (non-hydrogen) atoms. The molecule has 1 N–H and O–H groups in total. The summed E-state index contributed by atoms with van der Waals surface area (Å²) in [5.74, 6) is -0.425. The lowest BCUT2D eigenvalue weighted by atomic mass is 10.2. The summed E-state index contributed by atoms with van der Waals surface area (Å²) in [6, 6.07) is -0.895. The van der Waals surface area contributed by atoms with Crippen molar-refractivity contribution in [2.75, 3.05) is 19.6 Å². The molecule has 1 aromatic rings. The van der Waals surface area contributed by atoms with Gasteiger partial charge in [0.05, 0.1) is 6.33 Å². The van der Waals surface area contributed by atoms with E-state index in [0.717, 1.165) is 0 Å². The Hall–Kier alpha value is -1.50. The lowest BCUT2D eigenvalue weighted by Crippen LogP contribution is -2.56. The molecule has 0 aliphatic carbocycles. The summed E-state index contributed by atoms with van der Waals surface area (Å²) < 4.78 is 27.6. The van der Waals surface area contributed by atoms with Crippen LogP contribution in [0, 0.1) is 0 Å². The van der Waals surface area contributed by atoms with E-state index < -0.39 is 18.4 Å². The highest BCUT2D eigenvalue weighted by atomic mass is 19.3. The summed E-state index contributed by atoms with van der Waals surface area (Å²) in [4.78, 5) is 17.5. The van der Waals surface area contributed by atoms with Crippen molar-refractivity contribution in [1.29, 1.82) is 0 Å². The zero-order valence-corrected chi connectivity index (χ0v) is 11.0. The van der Waals surface area contributed by atoms with Crippen molar-refractivity contribution in [3.05, 3.63) is 18.2 Å². The smallest absolute Gasteiger partial charge is 0.274 e. The van der Waals surface area contributed by atoms with Gasteiger partial charge in [0.1, 0.15) is 11.7 Å². The number of hydrogen-bond donors (Lipinski definition) is 1. The van der Waals surface area contributed by atoms with E-state index in [2.05, 4.69) is 10.3 Å². The molecule has 0 aromatic carbocycles. The minimum absolute atomic E-state index is 0.119. The number of nitrogens with one attached hydrogen (secondary N) is 1. The van der Waals surface area contributed by atoms with Gasteiger partial charge in [-0.25, -0.2) is 13.8 Å². The Morgan fingerprint density at radius 1 is 1.53 bits per heavy atom. The van der Waals surface area contributed by atoms with E-state index in [9.17, 15) is 13.6 Å². The highest BCUT2D eigenvalue weighted by molar-refractivity contribution is 5.92. The number of alkyl halides is 2. The molecule has 7 heteroatoms. The van der Waals surface area contributed by atoms with Crippen molar-refractivity contribution in [3.8, 4) is 0 Å². The third-order valence-corrected chi connectivity index (χ3v) is 3.25. The van der Waals surface area contributed by atoms with Crippen molar-refractivity contribution in [3.63, 3.8) is 0 Å². The molecule has 1 saturated heterocycles. The van der Waals surface area contributed by atoms with E-state index >= 15 is 0 Å². The highest BCUT2D eigenvalue weighted by Crippen LogP contribution is 2.16. The molecule has 5 nitrogen and oxygen atoms in total. The maximum atomic E-state index is 12.9. The normalized spacial score (nSPS) is 20.3. The van der Waals surface area contributed by atoms with Gasteiger partial charge in [0.2, 0.25) is 0 Å². The summed E-state index contributed by atoms with van der Waals surface area (Å²) in [6.45, 7) is 4.85. The predicted octanol–water partition coefficient (Wildman–Crippen LogP) is 1.14. The Morgan fingerprint density at radius 3 is 2.84 bits per heavy atom. The third kappa shape index (κ3) is 2.91. The summed E-state index contributed by atoms with van der Waals surface area (Å²) in [5.41, 5.74) is 0.223. The van der Waals surface area contributed by atoms with Gasteiger partial charge in [-0.1, -0.05) is 0 Å². The summed E-state index contributed by atoms with van der Waals surface area (Å²) >= 11 is 0. The molecule has 1 amide bonds. The monoisotopic (exact) mass is 272 g/mol. The van der Waals surface area contributed by atoms with E-state index in [1.54, 1.807) is 17.1 Å². The molecule has 1 aromatic heterocycles. The number of hydrogen-bond acceptors (Lipinski definition) is 3. The van der Waals surface area contributed by atoms with Crippen LogP contribution in [-0.2, 0) is 0 Å². The number of nitrogens with zero attached hydrogens (tertiary/aromatic N) is 3. The predicted molar refractivity (Wildman–Crippen MR) is 66.3 cm³/mol. The molecule has 0 saturated carbocycles. The van der Waals surface area contributed by atoms with Crippen LogP contribution >= 0.6 is 0 Å². The Morgan fingerprint density at radius 2 is 2.26 bits per heavy atom. The first-order chi connectivity index (χ1) is 9.00. The lowest BCUT2D eigenvalue weighted by molar-refractivity contribution is 0.0123. The molecule has 1 aliphatic rings. The van der Waals surface area contributed by atoms with E-state index in [1.807, 2.05) is 13.8 Å². The molecule has 2 rings (SSSR count). The Labute approximate surface area is 110 Å². The number of amides is 1. The van der Waals surface area contributed by atoms with Crippen LogP contribution in [-0.4, -0.2) is 52.5 Å². The average molecular weight is 272 g/mol. The summed E-state index contributed by atoms with van der Waals surface area (Å²) in [7, 11) is 0. The Kier molecular flexibility index (Phi) is 4.14. The van der Waals surface area contributed by atoms with Crippen LogP contribution in [0.3, 0.4) is 0 Å². The molecule has 1 fully saturated rings. The van der Waals surface area contributed by atoms with Crippen molar-refractivity contribution in [2.24, 2.45) is 0 Å². The third-order valence-electron chi connectivity index (χ3n) is 3.25. The number of imidazole rings is 1. The number of piperazine rings is 1. The quantitative estimate of drug-likeness (QED) is 0.898. The number of rotatable bonds is 3. The first-order valence-electron chi connectivity index (χ1n) is 6.34. The number of carbonyl (C=O) groups excluding carboxylic acids is 1. The van der Waals surface area contributed by atoms with E-state index in [-0.39, 0.29) is 24.8 Å². The van der Waals surface area contributed by atoms with Crippen LogP contribution in [0.1, 0.15) is 30.4 Å². The van der Waals surface area contributed by atoms with Crippen LogP contribution in [0.15, 0.2) is 12.5 Å². The molecule has 1 unspecified atom stereocenters. The average Bonchev–Trinajstić information content (AvgIpc) is 2.87. The molecule has 0 radical (unpaired) electrons. The minimum Gasteiger partial charge on any atom is -0.334 e. The van der Waals surface area contributed by atoms with Crippen molar-refractivity contribution < 1.29 is 13.6 Å². The maximum Gasteiger partial charge on any atom is 0.274 e. The second kappa shape index (κ2) is 5.64. The van der Waals surface area contributed by atoms with Gasteiger partial charge < -0.3 is 14.8 Å². The van der Waals surface area contributed by atoms with Gasteiger partial charge in [-0.3, -0.25) is 4.79 Å². The van der Waals surface area contributed by atoms with Crippen molar-refractivity contribution in [2.45, 2.75) is 32.4 Å². The number of halogens is 2. The van der Waals surface area contributed by atoms with Gasteiger partial charge in [0.15, 0.2) is 0 Å². The largest absolute Gasteiger partial charge is 0.334 e. The molecule has 0 spiro atoms. The van der Waals surface area contributed by atoms with Gasteiger partial charge in [-0.05, 0) is 13.8 Å². The summed E-state index contributed by atoms with van der Waals surface area (Å²) in [5, 5.41) is 2.88. The fraction of sp³-hybridized carbons (Fsp3) is 0.667. The van der Waals surface area contributed by atoms with Crippen molar-refractivity contribution in [1.82, 2.24) is 19.8 Å². The number of carbonyl (C=O) groups is 1. The molecule has 106 valence electrons. The lowest BCUT2D eigenvalue weighted by Gasteiger charge is -2.35. The van der Waals surface area contributed by atoms with E-state index in [0.29, 0.717) is 6.54 Å². The molecule has 1 atom stereocenters. The Balaban J connectivity index is 2.16. The van der Waals surface area contributed by atoms with Gasteiger partial charge in [-0.15, -0.1) is 0 Å². The molecule has 0 bridgehead atoms. The van der Waals surface area contributed by atoms with Crippen molar-refractivity contribution >= 4 is 5.91 Å². The van der Waals surface area contributed by atoms with Gasteiger partial charge in [0, 0.05) is 31.9 Å². The van der Waals surface area contributed by atoms with Gasteiger partial charge in [-0.2, -0.15) is 0 Å². The van der Waals surface area contributed by atoms with E-state index in [4.69, 9.17) is 0 Å². The first kappa shape index (κ1) is 13.9. The topological polar surface area (TPSA) is 50.2 Å². The fourth-order valence-corrected chi connectivity index (χ4v) is 2.08. The van der Waals surface area contributed by atoms with Crippen LogP contribution in [0.25, 0.3) is 0 Å². The standard InChI is InChI=1S/C12H18F2N4O/c1-8(2)17-6-9(16-7-17)12(19)18-4-3-15-5-10(18)11(13)14/h6-8,10-11,15H,3-5H2,1-2H3. The zero-order chi connectivity index (χ0) is 14.0. The Bertz CT molecular complexity index is 447. The van der Waals surface area contributed by atoms with Crippen LogP contribution < -0.4 is 5.32 Å². The molecular formula is C12H18F2N4O. The fourth-order valence-electron chi connectivity index (χ4n) is 2.08. The van der Waals surface area contributed by atoms with Crippen LogP contribution in [0.2, 0.25) is 0 Å². The minimum atomic E-state index is -2.55. The van der Waals surface area contributed by atoms with Crippen LogP contribution in [0.5, 0.6) is 0 Å². The van der Waals surface area contributed by atoms with Crippen LogP contribution in [0.4, 0.5) is 8.78 Å². The second-order valence-corrected chi connectivity index (χ2v) is 4.90. The van der Waals surface area contributed by atoms with Gasteiger partial charge in [0.25, 0.3) is 12.3 Å². The molecular weight excluding hydrogens is 254 g/mol. The zero-order valence-electron chi connectivity index (χ0n) is 11.0. The van der Waals surface area contributed by atoms with E-state index in [1.165, 1.54) is 4.90 Å². The molecule has 1 aliphatic heterocycles. The first-order valence-corrected chi connectivity index (χ1v) is 6.34. The maximum absolute atomic E-state index is 12.9. The summed E-state index contributed by atoms with van der Waals surface area (Å²) in [6.07, 6.45) is 0.610. The molecule has 2 heterocycles. The number of aromatic nitrogens is 2. The second-order valence-electron chi connectivity index (χ2n) is 4.90. The van der Waals surface area contributed by atoms with Gasteiger partial charge >= 0.3 is 0 Å².